The van der Waals surface area contributed by atoms with E-state index >= 15 is 0 Å². The van der Waals surface area contributed by atoms with E-state index in [4.69, 9.17) is 4.74 Å². The zero-order chi connectivity index (χ0) is 12.0. The van der Waals surface area contributed by atoms with Crippen LogP contribution < -0.4 is 10.6 Å². The summed E-state index contributed by atoms with van der Waals surface area (Å²) in [5, 5.41) is 8.17. The number of anilines is 1. The molecule has 2 amide bonds. The fraction of sp³-hybridized carbons (Fsp3) is 0.444. The Kier molecular flexibility index (Phi) is 4.46. The molecule has 1 atom stereocenters. The Labute approximate surface area is 92.1 Å². The lowest BCUT2D eigenvalue weighted by Crippen LogP contribution is -2.42. The molecule has 0 radical (unpaired) electrons. The van der Waals surface area contributed by atoms with Gasteiger partial charge in [0, 0.05) is 19.2 Å². The van der Waals surface area contributed by atoms with Gasteiger partial charge in [0.05, 0.1) is 6.61 Å². The molecular weight excluding hydrogens is 214 g/mol. The minimum absolute atomic E-state index is 0.194. The van der Waals surface area contributed by atoms with Gasteiger partial charge in [-0.25, -0.2) is 0 Å². The standard InChI is InChI=1S/C9H13N3O4/c1-6(5-15-2)10-8(13)9(14)11-7-3-4-16-12-7/h3-4,6H,5H2,1-2H3,(H,10,13)(H,11,12,14). The smallest absolute Gasteiger partial charge is 0.314 e. The molecule has 1 heterocycles. The van der Waals surface area contributed by atoms with E-state index in [2.05, 4.69) is 20.3 Å². The second-order valence-electron chi connectivity index (χ2n) is 3.17. The first-order valence-corrected chi connectivity index (χ1v) is 4.64. The number of methoxy groups -OCH3 is 1. The molecule has 0 saturated carbocycles. The molecule has 1 unspecified atom stereocenters. The Bertz CT molecular complexity index is 350. The van der Waals surface area contributed by atoms with Crippen LogP contribution in [0.25, 0.3) is 0 Å². The van der Waals surface area contributed by atoms with Gasteiger partial charge in [0.15, 0.2) is 5.82 Å². The van der Waals surface area contributed by atoms with Crippen molar-refractivity contribution in [3.63, 3.8) is 0 Å². The average Bonchev–Trinajstić information content (AvgIpc) is 2.70. The second kappa shape index (κ2) is 5.86. The minimum atomic E-state index is -0.795. The van der Waals surface area contributed by atoms with E-state index in [9.17, 15) is 9.59 Å². The lowest BCUT2D eigenvalue weighted by Gasteiger charge is -2.11. The van der Waals surface area contributed by atoms with Crippen molar-refractivity contribution < 1.29 is 18.8 Å². The number of nitrogens with one attached hydrogen (secondary N) is 2. The number of hydrogen-bond donors (Lipinski definition) is 2. The molecular formula is C9H13N3O4. The number of aromatic nitrogens is 1. The fourth-order valence-electron chi connectivity index (χ4n) is 1.03. The highest BCUT2D eigenvalue weighted by atomic mass is 16.5. The van der Waals surface area contributed by atoms with Crippen LogP contribution in [0.3, 0.4) is 0 Å². The van der Waals surface area contributed by atoms with Crippen molar-refractivity contribution >= 4 is 17.6 Å². The largest absolute Gasteiger partial charge is 0.383 e. The summed E-state index contributed by atoms with van der Waals surface area (Å²) in [5.74, 6) is -1.34. The van der Waals surface area contributed by atoms with Gasteiger partial charge >= 0.3 is 11.8 Å². The molecule has 7 heteroatoms. The summed E-state index contributed by atoms with van der Waals surface area (Å²) in [7, 11) is 1.51. The van der Waals surface area contributed by atoms with Gasteiger partial charge in [-0.15, -0.1) is 0 Å². The average molecular weight is 227 g/mol. The van der Waals surface area contributed by atoms with Crippen LogP contribution in [0.2, 0.25) is 0 Å². The number of hydrogen-bond acceptors (Lipinski definition) is 5. The summed E-state index contributed by atoms with van der Waals surface area (Å²) in [4.78, 5) is 22.6. The monoisotopic (exact) mass is 227 g/mol. The van der Waals surface area contributed by atoms with Crippen LogP contribution in [0.5, 0.6) is 0 Å². The summed E-state index contributed by atoms with van der Waals surface area (Å²) in [5.41, 5.74) is 0. The van der Waals surface area contributed by atoms with Crippen LogP contribution in [0, 0.1) is 0 Å². The molecule has 0 fully saturated rings. The number of rotatable bonds is 4. The minimum Gasteiger partial charge on any atom is -0.383 e. The van der Waals surface area contributed by atoms with Crippen molar-refractivity contribution in [2.45, 2.75) is 13.0 Å². The number of amides is 2. The molecule has 0 aliphatic rings. The SMILES string of the molecule is COCC(C)NC(=O)C(=O)Nc1ccon1. The Morgan fingerprint density at radius 1 is 1.56 bits per heavy atom. The second-order valence-corrected chi connectivity index (χ2v) is 3.17. The van der Waals surface area contributed by atoms with Crippen LogP contribution in [-0.4, -0.2) is 36.7 Å². The number of ether oxygens (including phenoxy) is 1. The quantitative estimate of drug-likeness (QED) is 0.692. The van der Waals surface area contributed by atoms with E-state index in [-0.39, 0.29) is 11.9 Å². The van der Waals surface area contributed by atoms with Gasteiger partial charge in [-0.3, -0.25) is 14.9 Å². The normalized spacial score (nSPS) is 11.9. The van der Waals surface area contributed by atoms with Crippen LogP contribution in [-0.2, 0) is 14.3 Å². The molecule has 1 rings (SSSR count). The van der Waals surface area contributed by atoms with Gasteiger partial charge in [-0.2, -0.15) is 0 Å². The molecule has 0 spiro atoms. The van der Waals surface area contributed by atoms with Crippen LogP contribution >= 0.6 is 0 Å². The molecule has 0 aliphatic heterocycles. The molecule has 0 aromatic carbocycles. The van der Waals surface area contributed by atoms with Crippen molar-refractivity contribution in [3.05, 3.63) is 12.3 Å². The van der Waals surface area contributed by atoms with Crippen LogP contribution in [0.4, 0.5) is 5.82 Å². The van der Waals surface area contributed by atoms with Crippen LogP contribution in [0.1, 0.15) is 6.92 Å². The lowest BCUT2D eigenvalue weighted by molar-refractivity contribution is -0.136. The Hall–Kier alpha value is -1.89. The molecule has 16 heavy (non-hydrogen) atoms. The fourth-order valence-corrected chi connectivity index (χ4v) is 1.03. The van der Waals surface area contributed by atoms with Gasteiger partial charge in [0.2, 0.25) is 0 Å². The predicted molar refractivity (Wildman–Crippen MR) is 54.6 cm³/mol. The van der Waals surface area contributed by atoms with E-state index in [1.54, 1.807) is 6.92 Å². The van der Waals surface area contributed by atoms with E-state index in [0.29, 0.717) is 6.61 Å². The molecule has 2 N–H and O–H groups in total. The third kappa shape index (κ3) is 3.70. The molecule has 0 aliphatic carbocycles. The Morgan fingerprint density at radius 3 is 2.88 bits per heavy atom. The summed E-state index contributed by atoms with van der Waals surface area (Å²) in [6.45, 7) is 2.06. The maximum atomic E-state index is 11.3. The number of carbonyl (C=O) groups excluding carboxylic acids is 2. The lowest BCUT2D eigenvalue weighted by atomic mass is 10.3. The third-order valence-electron chi connectivity index (χ3n) is 1.68. The van der Waals surface area contributed by atoms with Gasteiger partial charge in [0.1, 0.15) is 6.26 Å². The van der Waals surface area contributed by atoms with Crippen LogP contribution in [0.15, 0.2) is 16.9 Å². The van der Waals surface area contributed by atoms with E-state index < -0.39 is 11.8 Å². The highest BCUT2D eigenvalue weighted by molar-refractivity contribution is 6.39. The molecule has 1 aromatic rings. The van der Waals surface area contributed by atoms with Crippen molar-refractivity contribution in [1.82, 2.24) is 10.5 Å². The first-order chi connectivity index (χ1) is 7.63. The summed E-state index contributed by atoms with van der Waals surface area (Å²) >= 11 is 0. The van der Waals surface area contributed by atoms with Crippen molar-refractivity contribution in [2.75, 3.05) is 19.0 Å². The summed E-state index contributed by atoms with van der Waals surface area (Å²) < 4.78 is 9.31. The zero-order valence-corrected chi connectivity index (χ0v) is 9.02. The predicted octanol–water partition coefficient (Wildman–Crippen LogP) is -0.236. The van der Waals surface area contributed by atoms with Gasteiger partial charge in [-0.05, 0) is 6.92 Å². The number of nitrogens with zero attached hydrogens (tertiary/aromatic N) is 1. The van der Waals surface area contributed by atoms with E-state index in [1.807, 2.05) is 0 Å². The van der Waals surface area contributed by atoms with Gasteiger partial charge < -0.3 is 14.6 Å². The third-order valence-corrected chi connectivity index (χ3v) is 1.68. The molecule has 88 valence electrons. The Morgan fingerprint density at radius 2 is 2.31 bits per heavy atom. The van der Waals surface area contributed by atoms with E-state index in [0.717, 1.165) is 0 Å². The van der Waals surface area contributed by atoms with Gasteiger partial charge in [0.25, 0.3) is 0 Å². The Balaban J connectivity index is 2.39. The maximum absolute atomic E-state index is 11.3. The van der Waals surface area contributed by atoms with Gasteiger partial charge in [-0.1, -0.05) is 5.16 Å². The molecule has 0 saturated heterocycles. The zero-order valence-electron chi connectivity index (χ0n) is 9.02. The van der Waals surface area contributed by atoms with Crippen molar-refractivity contribution in [3.8, 4) is 0 Å². The number of carbonyl (C=O) groups is 2. The first kappa shape index (κ1) is 12.2. The van der Waals surface area contributed by atoms with E-state index in [1.165, 1.54) is 19.4 Å². The summed E-state index contributed by atoms with van der Waals surface area (Å²) in [6.07, 6.45) is 1.29. The maximum Gasteiger partial charge on any atom is 0.314 e. The highest BCUT2D eigenvalue weighted by Gasteiger charge is 2.16. The molecule has 7 nitrogen and oxygen atoms in total. The highest BCUT2D eigenvalue weighted by Crippen LogP contribution is 2.00. The molecule has 0 bridgehead atoms. The topological polar surface area (TPSA) is 93.5 Å². The molecule has 1 aromatic heterocycles. The summed E-state index contributed by atoms with van der Waals surface area (Å²) in [6, 6.07) is 1.20. The first-order valence-electron chi connectivity index (χ1n) is 4.64. The van der Waals surface area contributed by atoms with Crippen molar-refractivity contribution in [2.24, 2.45) is 0 Å². The van der Waals surface area contributed by atoms with Crippen molar-refractivity contribution in [1.29, 1.82) is 0 Å².